The van der Waals surface area contributed by atoms with Crippen LogP contribution in [0.25, 0.3) is 5.69 Å². The minimum atomic E-state index is 0.262. The van der Waals surface area contributed by atoms with Crippen molar-refractivity contribution in [3.63, 3.8) is 0 Å². The van der Waals surface area contributed by atoms with E-state index >= 15 is 0 Å². The highest BCUT2D eigenvalue weighted by Gasteiger charge is 2.13. The number of nitrogens with two attached hydrogens (primary N) is 1. The lowest BCUT2D eigenvalue weighted by Gasteiger charge is -2.09. The van der Waals surface area contributed by atoms with Gasteiger partial charge in [-0.25, -0.2) is 0 Å². The number of hydrogen-bond acceptors (Lipinski definition) is 5. The van der Waals surface area contributed by atoms with Gasteiger partial charge in [0.25, 0.3) is 0 Å². The summed E-state index contributed by atoms with van der Waals surface area (Å²) in [6.45, 7) is 0.262. The highest BCUT2D eigenvalue weighted by molar-refractivity contribution is 9.11. The zero-order chi connectivity index (χ0) is 12.4. The van der Waals surface area contributed by atoms with Gasteiger partial charge >= 0.3 is 0 Å². The Kier molecular flexibility index (Phi) is 3.75. The lowest BCUT2D eigenvalue weighted by Crippen LogP contribution is -2.08. The maximum Gasteiger partial charge on any atom is 0.170 e. The monoisotopic (exact) mass is 361 g/mol. The summed E-state index contributed by atoms with van der Waals surface area (Å²) < 4.78 is 8.49. The zero-order valence-electron chi connectivity index (χ0n) is 8.89. The lowest BCUT2D eigenvalue weighted by molar-refractivity contribution is 0.411. The van der Waals surface area contributed by atoms with Gasteiger partial charge in [-0.05, 0) is 48.4 Å². The van der Waals surface area contributed by atoms with Crippen molar-refractivity contribution in [3.8, 4) is 11.4 Å². The molecule has 0 aliphatic carbocycles. The van der Waals surface area contributed by atoms with E-state index in [-0.39, 0.29) is 6.54 Å². The molecule has 0 bridgehead atoms. The van der Waals surface area contributed by atoms with Gasteiger partial charge in [0, 0.05) is 10.5 Å². The molecule has 0 saturated heterocycles. The number of tetrazole rings is 1. The molecule has 1 heterocycles. The van der Waals surface area contributed by atoms with Crippen LogP contribution in [-0.2, 0) is 6.54 Å². The Morgan fingerprint density at radius 2 is 2.12 bits per heavy atom. The van der Waals surface area contributed by atoms with Gasteiger partial charge < -0.3 is 10.5 Å². The zero-order valence-corrected chi connectivity index (χ0v) is 12.1. The highest BCUT2D eigenvalue weighted by Crippen LogP contribution is 2.33. The molecular formula is C9H9Br2N5O. The van der Waals surface area contributed by atoms with E-state index in [1.165, 1.54) is 0 Å². The number of ether oxygens (including phenoxy) is 1. The van der Waals surface area contributed by atoms with Crippen molar-refractivity contribution in [2.45, 2.75) is 6.54 Å². The van der Waals surface area contributed by atoms with Crippen molar-refractivity contribution in [1.82, 2.24) is 20.2 Å². The van der Waals surface area contributed by atoms with Crippen LogP contribution in [0.3, 0.4) is 0 Å². The van der Waals surface area contributed by atoms with E-state index in [9.17, 15) is 0 Å². The Bertz CT molecular complexity index is 542. The second-order valence-corrected chi connectivity index (χ2v) is 4.86. The van der Waals surface area contributed by atoms with E-state index in [0.29, 0.717) is 11.6 Å². The first-order valence-electron chi connectivity index (χ1n) is 4.68. The third kappa shape index (κ3) is 2.33. The fourth-order valence-corrected chi connectivity index (χ4v) is 2.68. The fourth-order valence-electron chi connectivity index (χ4n) is 1.36. The molecule has 0 radical (unpaired) electrons. The standard InChI is InChI=1S/C9H9Br2N5O/c1-17-8-3-7(5(10)2-6(8)11)16-9(4-12)13-14-15-16/h2-3H,4,12H2,1H3. The molecule has 0 spiro atoms. The third-order valence-electron chi connectivity index (χ3n) is 2.17. The van der Waals surface area contributed by atoms with Gasteiger partial charge in [0.05, 0.1) is 23.8 Å². The lowest BCUT2D eigenvalue weighted by atomic mass is 10.3. The van der Waals surface area contributed by atoms with E-state index < -0.39 is 0 Å². The summed E-state index contributed by atoms with van der Waals surface area (Å²) in [5, 5.41) is 11.3. The van der Waals surface area contributed by atoms with Gasteiger partial charge in [-0.1, -0.05) is 0 Å². The Hall–Kier alpha value is -0.990. The van der Waals surface area contributed by atoms with E-state index in [1.807, 2.05) is 12.1 Å². The summed E-state index contributed by atoms with van der Waals surface area (Å²) in [5.41, 5.74) is 6.34. The third-order valence-corrected chi connectivity index (χ3v) is 3.42. The first-order chi connectivity index (χ1) is 8.17. The molecule has 0 amide bonds. The van der Waals surface area contributed by atoms with Gasteiger partial charge in [0.15, 0.2) is 5.82 Å². The van der Waals surface area contributed by atoms with Crippen LogP contribution in [-0.4, -0.2) is 27.3 Å². The molecular weight excluding hydrogens is 354 g/mol. The molecule has 0 unspecified atom stereocenters. The average molecular weight is 363 g/mol. The number of hydrogen-bond donors (Lipinski definition) is 1. The summed E-state index contributed by atoms with van der Waals surface area (Å²) in [4.78, 5) is 0. The first-order valence-corrected chi connectivity index (χ1v) is 6.26. The van der Waals surface area contributed by atoms with Crippen LogP contribution < -0.4 is 10.5 Å². The van der Waals surface area contributed by atoms with Crippen LogP contribution in [0.5, 0.6) is 5.75 Å². The first kappa shape index (κ1) is 12.5. The molecule has 1 aromatic carbocycles. The molecule has 17 heavy (non-hydrogen) atoms. The molecule has 6 nitrogen and oxygen atoms in total. The molecule has 0 fully saturated rings. The predicted molar refractivity (Wildman–Crippen MR) is 69.0 cm³/mol. The summed E-state index contributed by atoms with van der Waals surface area (Å²) in [6, 6.07) is 3.69. The number of halogens is 2. The SMILES string of the molecule is COc1cc(-n2nnnc2CN)c(Br)cc1Br. The van der Waals surface area contributed by atoms with Crippen LogP contribution in [0.2, 0.25) is 0 Å². The van der Waals surface area contributed by atoms with Crippen LogP contribution in [0.15, 0.2) is 21.1 Å². The van der Waals surface area contributed by atoms with Crippen LogP contribution in [0.4, 0.5) is 0 Å². The van der Waals surface area contributed by atoms with Crippen molar-refractivity contribution < 1.29 is 4.74 Å². The van der Waals surface area contributed by atoms with Gasteiger partial charge in [-0.2, -0.15) is 4.68 Å². The molecule has 0 aliphatic heterocycles. The molecule has 2 rings (SSSR count). The van der Waals surface area contributed by atoms with Crippen LogP contribution in [0.1, 0.15) is 5.82 Å². The van der Waals surface area contributed by atoms with Gasteiger partial charge in [0.1, 0.15) is 5.75 Å². The normalized spacial score (nSPS) is 10.6. The molecule has 0 atom stereocenters. The topological polar surface area (TPSA) is 78.8 Å². The minimum absolute atomic E-state index is 0.262. The van der Waals surface area contributed by atoms with Gasteiger partial charge in [-0.3, -0.25) is 0 Å². The highest BCUT2D eigenvalue weighted by atomic mass is 79.9. The van der Waals surface area contributed by atoms with Crippen LogP contribution >= 0.6 is 31.9 Å². The van der Waals surface area contributed by atoms with E-state index in [1.54, 1.807) is 11.8 Å². The van der Waals surface area contributed by atoms with Crippen molar-refractivity contribution in [1.29, 1.82) is 0 Å². The number of methoxy groups -OCH3 is 1. The van der Waals surface area contributed by atoms with Crippen molar-refractivity contribution in [3.05, 3.63) is 26.9 Å². The Balaban J connectivity index is 2.59. The van der Waals surface area contributed by atoms with Crippen molar-refractivity contribution in [2.24, 2.45) is 5.73 Å². The predicted octanol–water partition coefficient (Wildman–Crippen LogP) is 1.65. The van der Waals surface area contributed by atoms with Gasteiger partial charge in [-0.15, -0.1) is 5.10 Å². The number of nitrogens with zero attached hydrogens (tertiary/aromatic N) is 4. The summed E-state index contributed by atoms with van der Waals surface area (Å²) in [7, 11) is 1.60. The van der Waals surface area contributed by atoms with Crippen molar-refractivity contribution in [2.75, 3.05) is 7.11 Å². The van der Waals surface area contributed by atoms with Crippen LogP contribution in [0, 0.1) is 0 Å². The largest absolute Gasteiger partial charge is 0.495 e. The molecule has 0 aliphatic rings. The maximum absolute atomic E-state index is 5.56. The summed E-state index contributed by atoms with van der Waals surface area (Å²) in [6.07, 6.45) is 0. The number of rotatable bonds is 3. The average Bonchev–Trinajstić information content (AvgIpc) is 2.77. The molecule has 90 valence electrons. The van der Waals surface area contributed by atoms with Gasteiger partial charge in [0.2, 0.25) is 0 Å². The van der Waals surface area contributed by atoms with E-state index in [4.69, 9.17) is 10.5 Å². The number of aromatic nitrogens is 4. The van der Waals surface area contributed by atoms with E-state index in [0.717, 1.165) is 14.6 Å². The molecule has 0 saturated carbocycles. The Morgan fingerprint density at radius 3 is 2.76 bits per heavy atom. The number of benzene rings is 1. The second-order valence-electron chi connectivity index (χ2n) is 3.15. The molecule has 8 heteroatoms. The molecule has 2 aromatic rings. The second kappa shape index (κ2) is 5.11. The van der Waals surface area contributed by atoms with E-state index in [2.05, 4.69) is 47.4 Å². The quantitative estimate of drug-likeness (QED) is 0.898. The fraction of sp³-hybridized carbons (Fsp3) is 0.222. The molecule has 1 aromatic heterocycles. The summed E-state index contributed by atoms with van der Waals surface area (Å²) in [5.74, 6) is 1.27. The Labute approximate surface area is 114 Å². The maximum atomic E-state index is 5.56. The Morgan fingerprint density at radius 1 is 1.35 bits per heavy atom. The molecule has 2 N–H and O–H groups in total. The smallest absolute Gasteiger partial charge is 0.170 e. The summed E-state index contributed by atoms with van der Waals surface area (Å²) >= 11 is 6.85. The minimum Gasteiger partial charge on any atom is -0.495 e. The van der Waals surface area contributed by atoms with Crippen molar-refractivity contribution >= 4 is 31.9 Å².